The van der Waals surface area contributed by atoms with Crippen molar-refractivity contribution in [1.29, 1.82) is 5.26 Å². The highest BCUT2D eigenvalue weighted by Gasteiger charge is 2.06. The lowest BCUT2D eigenvalue weighted by Gasteiger charge is -2.06. The van der Waals surface area contributed by atoms with E-state index in [0.29, 0.717) is 6.42 Å². The molecule has 1 unspecified atom stereocenters. The van der Waals surface area contributed by atoms with Crippen molar-refractivity contribution in [3.05, 3.63) is 39.9 Å². The quantitative estimate of drug-likeness (QED) is 0.593. The van der Waals surface area contributed by atoms with Crippen molar-refractivity contribution in [2.45, 2.75) is 18.9 Å². The van der Waals surface area contributed by atoms with Crippen LogP contribution in [0.3, 0.4) is 0 Å². The lowest BCUT2D eigenvalue weighted by atomic mass is 10.0. The van der Waals surface area contributed by atoms with E-state index in [0.717, 1.165) is 5.56 Å². The standard InChI is InChI=1S/C10H11N3O2/c11-6-5-9(12)7-8-1-3-10(4-2-8)13(14)15/h1-4,9H,5,7,12H2. The summed E-state index contributed by atoms with van der Waals surface area (Å²) in [5.41, 5.74) is 6.63. The van der Waals surface area contributed by atoms with E-state index < -0.39 is 4.92 Å². The third-order valence-corrected chi connectivity index (χ3v) is 2.00. The van der Waals surface area contributed by atoms with Crippen LogP contribution in [0, 0.1) is 21.4 Å². The monoisotopic (exact) mass is 205 g/mol. The highest BCUT2D eigenvalue weighted by Crippen LogP contribution is 2.13. The molecule has 1 aromatic rings. The second-order valence-corrected chi connectivity index (χ2v) is 3.25. The average molecular weight is 205 g/mol. The number of nitrogens with zero attached hydrogens (tertiary/aromatic N) is 2. The Bertz CT molecular complexity index is 381. The first kappa shape index (κ1) is 11.1. The number of nitro groups is 1. The van der Waals surface area contributed by atoms with E-state index in [9.17, 15) is 10.1 Å². The molecule has 0 radical (unpaired) electrons. The summed E-state index contributed by atoms with van der Waals surface area (Å²) in [6, 6.07) is 7.97. The molecule has 5 nitrogen and oxygen atoms in total. The highest BCUT2D eigenvalue weighted by molar-refractivity contribution is 5.33. The van der Waals surface area contributed by atoms with Crippen molar-refractivity contribution in [3.63, 3.8) is 0 Å². The lowest BCUT2D eigenvalue weighted by Crippen LogP contribution is -2.21. The molecular weight excluding hydrogens is 194 g/mol. The number of benzene rings is 1. The van der Waals surface area contributed by atoms with E-state index in [-0.39, 0.29) is 18.2 Å². The van der Waals surface area contributed by atoms with E-state index in [1.807, 2.05) is 6.07 Å². The van der Waals surface area contributed by atoms with Gasteiger partial charge in [0.25, 0.3) is 5.69 Å². The van der Waals surface area contributed by atoms with Gasteiger partial charge in [-0.25, -0.2) is 0 Å². The van der Waals surface area contributed by atoms with Crippen LogP contribution in [0.4, 0.5) is 5.69 Å². The van der Waals surface area contributed by atoms with E-state index in [1.54, 1.807) is 12.1 Å². The normalized spacial score (nSPS) is 11.7. The van der Waals surface area contributed by atoms with Crippen LogP contribution in [0.25, 0.3) is 0 Å². The minimum Gasteiger partial charge on any atom is -0.326 e. The Labute approximate surface area is 87.3 Å². The maximum Gasteiger partial charge on any atom is 0.269 e. The number of hydrogen-bond donors (Lipinski definition) is 1. The average Bonchev–Trinajstić information content (AvgIpc) is 2.18. The fourth-order valence-corrected chi connectivity index (χ4v) is 1.25. The van der Waals surface area contributed by atoms with Crippen molar-refractivity contribution < 1.29 is 4.92 Å². The summed E-state index contributed by atoms with van der Waals surface area (Å²) < 4.78 is 0. The number of rotatable bonds is 4. The van der Waals surface area contributed by atoms with Crippen molar-refractivity contribution >= 4 is 5.69 Å². The van der Waals surface area contributed by atoms with Gasteiger partial charge in [-0.3, -0.25) is 10.1 Å². The summed E-state index contributed by atoms with van der Waals surface area (Å²) >= 11 is 0. The number of nitriles is 1. The van der Waals surface area contributed by atoms with Gasteiger partial charge in [0.2, 0.25) is 0 Å². The first-order valence-corrected chi connectivity index (χ1v) is 4.49. The SMILES string of the molecule is N#CCC(N)Cc1ccc([N+](=O)[O-])cc1. The minimum absolute atomic E-state index is 0.0626. The first-order valence-electron chi connectivity index (χ1n) is 4.49. The Balaban J connectivity index is 2.65. The van der Waals surface area contributed by atoms with Gasteiger partial charge in [0.15, 0.2) is 0 Å². The molecule has 0 aliphatic carbocycles. The van der Waals surface area contributed by atoms with Crippen LogP contribution in [-0.4, -0.2) is 11.0 Å². The van der Waals surface area contributed by atoms with Gasteiger partial charge >= 0.3 is 0 Å². The van der Waals surface area contributed by atoms with Gasteiger partial charge in [-0.1, -0.05) is 12.1 Å². The maximum absolute atomic E-state index is 10.4. The second-order valence-electron chi connectivity index (χ2n) is 3.25. The number of nitro benzene ring substituents is 1. The third kappa shape index (κ3) is 3.37. The smallest absolute Gasteiger partial charge is 0.269 e. The van der Waals surface area contributed by atoms with E-state index >= 15 is 0 Å². The predicted octanol–water partition coefficient (Wildman–Crippen LogP) is 1.38. The van der Waals surface area contributed by atoms with Gasteiger partial charge in [0.1, 0.15) is 0 Å². The fraction of sp³-hybridized carbons (Fsp3) is 0.300. The zero-order valence-corrected chi connectivity index (χ0v) is 8.09. The van der Waals surface area contributed by atoms with Gasteiger partial charge in [0, 0.05) is 18.2 Å². The summed E-state index contributed by atoms with van der Waals surface area (Å²) in [6.07, 6.45) is 0.850. The van der Waals surface area contributed by atoms with Crippen LogP contribution in [0.2, 0.25) is 0 Å². The molecule has 5 heteroatoms. The zero-order chi connectivity index (χ0) is 11.3. The number of non-ortho nitro benzene ring substituents is 1. The Kier molecular flexibility index (Phi) is 3.77. The lowest BCUT2D eigenvalue weighted by molar-refractivity contribution is -0.384. The second kappa shape index (κ2) is 5.08. The molecule has 0 fully saturated rings. The van der Waals surface area contributed by atoms with Crippen LogP contribution < -0.4 is 5.73 Å². The van der Waals surface area contributed by atoms with Crippen molar-refractivity contribution in [2.24, 2.45) is 5.73 Å². The molecule has 0 spiro atoms. The number of nitrogens with two attached hydrogens (primary N) is 1. The Hall–Kier alpha value is -1.93. The van der Waals surface area contributed by atoms with Crippen molar-refractivity contribution in [2.75, 3.05) is 0 Å². The van der Waals surface area contributed by atoms with Crippen LogP contribution in [-0.2, 0) is 6.42 Å². The van der Waals surface area contributed by atoms with Gasteiger partial charge in [-0.2, -0.15) is 5.26 Å². The highest BCUT2D eigenvalue weighted by atomic mass is 16.6. The topological polar surface area (TPSA) is 93.0 Å². The maximum atomic E-state index is 10.4. The van der Waals surface area contributed by atoms with Crippen LogP contribution in [0.5, 0.6) is 0 Å². The van der Waals surface area contributed by atoms with Gasteiger partial charge in [0.05, 0.1) is 17.4 Å². The van der Waals surface area contributed by atoms with Gasteiger partial charge in [-0.15, -0.1) is 0 Å². The minimum atomic E-state index is -0.445. The van der Waals surface area contributed by atoms with E-state index in [1.165, 1.54) is 12.1 Å². The van der Waals surface area contributed by atoms with Gasteiger partial charge < -0.3 is 5.73 Å². The van der Waals surface area contributed by atoms with Crippen molar-refractivity contribution in [3.8, 4) is 6.07 Å². The fourth-order valence-electron chi connectivity index (χ4n) is 1.25. The molecule has 2 N–H and O–H groups in total. The third-order valence-electron chi connectivity index (χ3n) is 2.00. The summed E-state index contributed by atoms with van der Waals surface area (Å²) in [5.74, 6) is 0. The molecular formula is C10H11N3O2. The molecule has 0 saturated heterocycles. The molecule has 0 saturated carbocycles. The Morgan fingerprint density at radius 3 is 2.53 bits per heavy atom. The van der Waals surface area contributed by atoms with E-state index in [2.05, 4.69) is 0 Å². The van der Waals surface area contributed by atoms with Crippen LogP contribution in [0.1, 0.15) is 12.0 Å². The first-order chi connectivity index (χ1) is 7.13. The molecule has 0 bridgehead atoms. The van der Waals surface area contributed by atoms with E-state index in [4.69, 9.17) is 11.0 Å². The Morgan fingerprint density at radius 2 is 2.07 bits per heavy atom. The molecule has 1 rings (SSSR count). The van der Waals surface area contributed by atoms with Gasteiger partial charge in [-0.05, 0) is 12.0 Å². The molecule has 1 atom stereocenters. The molecule has 0 aromatic heterocycles. The summed E-state index contributed by atoms with van der Waals surface area (Å²) in [6.45, 7) is 0. The van der Waals surface area contributed by atoms with Crippen LogP contribution >= 0.6 is 0 Å². The largest absolute Gasteiger partial charge is 0.326 e. The molecule has 0 aliphatic rings. The molecule has 0 amide bonds. The summed E-state index contributed by atoms with van der Waals surface area (Å²) in [5, 5.41) is 18.8. The summed E-state index contributed by atoms with van der Waals surface area (Å²) in [4.78, 5) is 9.93. The molecule has 0 heterocycles. The van der Waals surface area contributed by atoms with Crippen LogP contribution in [0.15, 0.2) is 24.3 Å². The molecule has 15 heavy (non-hydrogen) atoms. The number of hydrogen-bond acceptors (Lipinski definition) is 4. The molecule has 0 aliphatic heterocycles. The molecule has 1 aromatic carbocycles. The molecule has 78 valence electrons. The summed E-state index contributed by atoms with van der Waals surface area (Å²) in [7, 11) is 0. The van der Waals surface area contributed by atoms with Crippen molar-refractivity contribution in [1.82, 2.24) is 0 Å². The Morgan fingerprint density at radius 1 is 1.47 bits per heavy atom. The predicted molar refractivity (Wildman–Crippen MR) is 55.0 cm³/mol. The zero-order valence-electron chi connectivity index (χ0n) is 8.09.